The Balaban J connectivity index is 1.51. The maximum atomic E-state index is 12.7. The predicted molar refractivity (Wildman–Crippen MR) is 119 cm³/mol. The molecule has 170 valence electrons. The van der Waals surface area contributed by atoms with Gasteiger partial charge in [0, 0.05) is 30.4 Å². The summed E-state index contributed by atoms with van der Waals surface area (Å²) in [7, 11) is -3.62. The van der Waals surface area contributed by atoms with Gasteiger partial charge in [0.25, 0.3) is 11.8 Å². The molecule has 4 rings (SSSR count). The van der Waals surface area contributed by atoms with E-state index in [1.165, 1.54) is 28.6 Å². The van der Waals surface area contributed by atoms with Crippen molar-refractivity contribution >= 4 is 33.2 Å². The molecule has 0 aliphatic carbocycles. The normalized spacial score (nSPS) is 17.1. The molecule has 0 bridgehead atoms. The molecule has 1 fully saturated rings. The molecule has 2 aliphatic rings. The first-order chi connectivity index (χ1) is 15.3. The van der Waals surface area contributed by atoms with Crippen LogP contribution in [0.2, 0.25) is 0 Å². The minimum Gasteiger partial charge on any atom is -0.482 e. The van der Waals surface area contributed by atoms with Gasteiger partial charge in [-0.2, -0.15) is 4.31 Å². The number of anilines is 2. The van der Waals surface area contributed by atoms with Crippen LogP contribution in [0.1, 0.15) is 24.2 Å². The summed E-state index contributed by atoms with van der Waals surface area (Å²) in [5.41, 5.74) is 1.42. The number of hydrogen-bond acceptors (Lipinski definition) is 6. The van der Waals surface area contributed by atoms with Gasteiger partial charge in [0.05, 0.1) is 23.8 Å². The Bertz CT molecular complexity index is 1120. The molecule has 32 heavy (non-hydrogen) atoms. The number of amides is 2. The topological polar surface area (TPSA) is 105 Å². The largest absolute Gasteiger partial charge is 0.482 e. The Morgan fingerprint density at radius 1 is 1.06 bits per heavy atom. The van der Waals surface area contributed by atoms with E-state index in [0.717, 1.165) is 0 Å². The average Bonchev–Trinajstić information content (AvgIpc) is 2.79. The molecule has 0 aromatic heterocycles. The van der Waals surface area contributed by atoms with Gasteiger partial charge >= 0.3 is 0 Å². The first-order valence-corrected chi connectivity index (χ1v) is 11.8. The van der Waals surface area contributed by atoms with Crippen molar-refractivity contribution < 1.29 is 27.5 Å². The van der Waals surface area contributed by atoms with Crippen molar-refractivity contribution in [2.75, 3.05) is 43.1 Å². The highest BCUT2D eigenvalue weighted by Gasteiger charge is 2.28. The minimum absolute atomic E-state index is 0.0173. The van der Waals surface area contributed by atoms with Crippen LogP contribution in [0.15, 0.2) is 47.4 Å². The highest BCUT2D eigenvalue weighted by atomic mass is 32.2. The average molecular weight is 460 g/mol. The van der Waals surface area contributed by atoms with E-state index < -0.39 is 10.0 Å². The van der Waals surface area contributed by atoms with Crippen LogP contribution in [0.5, 0.6) is 5.75 Å². The van der Waals surface area contributed by atoms with Crippen molar-refractivity contribution in [2.24, 2.45) is 0 Å². The molecule has 2 aromatic rings. The highest BCUT2D eigenvalue weighted by molar-refractivity contribution is 7.89. The van der Waals surface area contributed by atoms with Gasteiger partial charge in [-0.05, 0) is 56.3 Å². The third-order valence-electron chi connectivity index (χ3n) is 5.34. The Kier molecular flexibility index (Phi) is 6.18. The second-order valence-corrected chi connectivity index (χ2v) is 9.76. The molecular formula is C22H25N3O6S. The van der Waals surface area contributed by atoms with Crippen LogP contribution in [0.4, 0.5) is 11.4 Å². The van der Waals surface area contributed by atoms with E-state index in [1.807, 2.05) is 13.8 Å². The molecule has 2 heterocycles. The van der Waals surface area contributed by atoms with E-state index in [4.69, 9.17) is 9.47 Å². The fourth-order valence-electron chi connectivity index (χ4n) is 3.73. The Hall–Kier alpha value is -2.95. The quantitative estimate of drug-likeness (QED) is 0.734. The second kappa shape index (κ2) is 8.89. The van der Waals surface area contributed by atoms with Gasteiger partial charge in [-0.15, -0.1) is 0 Å². The van der Waals surface area contributed by atoms with Gasteiger partial charge in [-0.1, -0.05) is 0 Å². The van der Waals surface area contributed by atoms with Crippen LogP contribution < -0.4 is 15.0 Å². The summed E-state index contributed by atoms with van der Waals surface area (Å²) >= 11 is 0. The van der Waals surface area contributed by atoms with Crippen molar-refractivity contribution in [1.29, 1.82) is 0 Å². The van der Waals surface area contributed by atoms with Crippen molar-refractivity contribution in [2.45, 2.75) is 24.8 Å². The molecule has 1 saturated heterocycles. The van der Waals surface area contributed by atoms with E-state index in [2.05, 4.69) is 5.32 Å². The molecule has 0 radical (unpaired) electrons. The zero-order chi connectivity index (χ0) is 22.9. The molecule has 9 nitrogen and oxygen atoms in total. The number of carbonyl (C=O) groups is 2. The molecule has 0 spiro atoms. The maximum Gasteiger partial charge on any atom is 0.265 e. The lowest BCUT2D eigenvalue weighted by molar-refractivity contribution is -0.121. The van der Waals surface area contributed by atoms with Crippen molar-refractivity contribution in [3.8, 4) is 5.75 Å². The van der Waals surface area contributed by atoms with Crippen molar-refractivity contribution in [3.05, 3.63) is 48.0 Å². The van der Waals surface area contributed by atoms with E-state index in [9.17, 15) is 18.0 Å². The lowest BCUT2D eigenvalue weighted by Gasteiger charge is -2.32. The molecule has 0 saturated carbocycles. The standard InChI is InChI=1S/C22H25N3O6S/c1-15(2)25-19-13-17(5-8-20(19)31-14-21(25)26)23-22(27)16-3-6-18(7-4-16)32(28,29)24-9-11-30-12-10-24/h3-8,13,15H,9-12,14H2,1-2H3,(H,23,27). The second-order valence-electron chi connectivity index (χ2n) is 7.82. The molecule has 2 aromatic carbocycles. The molecule has 0 unspecified atom stereocenters. The van der Waals surface area contributed by atoms with Gasteiger partial charge in [-0.25, -0.2) is 8.42 Å². The Labute approximate surface area is 187 Å². The summed E-state index contributed by atoms with van der Waals surface area (Å²) in [6.07, 6.45) is 0. The Morgan fingerprint density at radius 3 is 2.41 bits per heavy atom. The lowest BCUT2D eigenvalue weighted by atomic mass is 10.1. The van der Waals surface area contributed by atoms with Crippen LogP contribution >= 0.6 is 0 Å². The number of hydrogen-bond donors (Lipinski definition) is 1. The van der Waals surface area contributed by atoms with Crippen LogP contribution in [0.3, 0.4) is 0 Å². The van der Waals surface area contributed by atoms with Gasteiger partial charge in [-0.3, -0.25) is 9.59 Å². The fraction of sp³-hybridized carbons (Fsp3) is 0.364. The number of morpholine rings is 1. The van der Waals surface area contributed by atoms with E-state index >= 15 is 0 Å². The van der Waals surface area contributed by atoms with E-state index in [0.29, 0.717) is 49.0 Å². The summed E-state index contributed by atoms with van der Waals surface area (Å²) in [5, 5.41) is 2.80. The number of rotatable bonds is 5. The number of nitrogens with one attached hydrogen (secondary N) is 1. The summed E-state index contributed by atoms with van der Waals surface area (Å²) in [4.78, 5) is 26.7. The smallest absolute Gasteiger partial charge is 0.265 e. The zero-order valence-corrected chi connectivity index (χ0v) is 18.7. The van der Waals surface area contributed by atoms with E-state index in [-0.39, 0.29) is 29.4 Å². The number of fused-ring (bicyclic) bond motifs is 1. The van der Waals surface area contributed by atoms with Crippen molar-refractivity contribution in [1.82, 2.24) is 4.31 Å². The number of benzene rings is 2. The van der Waals surface area contributed by atoms with Crippen molar-refractivity contribution in [3.63, 3.8) is 0 Å². The highest BCUT2D eigenvalue weighted by Crippen LogP contribution is 2.35. The van der Waals surface area contributed by atoms with Gasteiger partial charge in [0.15, 0.2) is 6.61 Å². The molecular weight excluding hydrogens is 434 g/mol. The van der Waals surface area contributed by atoms with Crippen LogP contribution in [0, 0.1) is 0 Å². The van der Waals surface area contributed by atoms with Crippen LogP contribution in [-0.2, 0) is 19.6 Å². The van der Waals surface area contributed by atoms with Crippen LogP contribution in [-0.4, -0.2) is 63.5 Å². The molecule has 2 amide bonds. The number of ether oxygens (including phenoxy) is 2. The molecule has 1 N–H and O–H groups in total. The number of carbonyl (C=O) groups excluding carboxylic acids is 2. The third kappa shape index (κ3) is 4.34. The minimum atomic E-state index is -3.62. The first-order valence-electron chi connectivity index (χ1n) is 10.4. The first kappa shape index (κ1) is 22.3. The molecule has 10 heteroatoms. The molecule has 0 atom stereocenters. The number of sulfonamides is 1. The third-order valence-corrected chi connectivity index (χ3v) is 7.25. The summed E-state index contributed by atoms with van der Waals surface area (Å²) in [5.74, 6) is 0.0430. The van der Waals surface area contributed by atoms with Gasteiger partial charge < -0.3 is 19.7 Å². The maximum absolute atomic E-state index is 12.7. The SMILES string of the molecule is CC(C)N1C(=O)COc2ccc(NC(=O)c3ccc(S(=O)(=O)N4CCOCC4)cc3)cc21. The monoisotopic (exact) mass is 459 g/mol. The fourth-order valence-corrected chi connectivity index (χ4v) is 5.14. The molecule has 2 aliphatic heterocycles. The lowest BCUT2D eigenvalue weighted by Crippen LogP contribution is -2.43. The van der Waals surface area contributed by atoms with Gasteiger partial charge in [0.1, 0.15) is 5.75 Å². The Morgan fingerprint density at radius 2 is 1.75 bits per heavy atom. The van der Waals surface area contributed by atoms with Gasteiger partial charge in [0.2, 0.25) is 10.0 Å². The summed E-state index contributed by atoms with van der Waals surface area (Å²) in [6, 6.07) is 10.9. The summed E-state index contributed by atoms with van der Waals surface area (Å²) < 4.78 is 37.5. The van der Waals surface area contributed by atoms with E-state index in [1.54, 1.807) is 23.1 Å². The zero-order valence-electron chi connectivity index (χ0n) is 17.9. The summed E-state index contributed by atoms with van der Waals surface area (Å²) in [6.45, 7) is 5.15. The van der Waals surface area contributed by atoms with Crippen LogP contribution in [0.25, 0.3) is 0 Å². The predicted octanol–water partition coefficient (Wildman–Crippen LogP) is 2.09. The number of nitrogens with zero attached hydrogens (tertiary/aromatic N) is 2.